The van der Waals surface area contributed by atoms with Crippen LogP contribution in [0.25, 0.3) is 22.4 Å². The number of aromatic nitrogens is 2. The molecule has 0 fully saturated rings. The van der Waals surface area contributed by atoms with Crippen LogP contribution in [0.5, 0.6) is 0 Å². The van der Waals surface area contributed by atoms with Crippen LogP contribution in [-0.2, 0) is 12.4 Å². The van der Waals surface area contributed by atoms with Crippen LogP contribution in [-0.4, -0.2) is 10.2 Å². The molecule has 0 spiro atoms. The molecule has 140 valence electrons. The predicted molar refractivity (Wildman–Crippen MR) is 87.9 cm³/mol. The van der Waals surface area contributed by atoms with Gasteiger partial charge in [-0.25, -0.2) is 0 Å². The van der Waals surface area contributed by atoms with E-state index in [1.54, 1.807) is 0 Å². The fourth-order valence-electron chi connectivity index (χ4n) is 2.46. The first-order chi connectivity index (χ1) is 12.6. The number of hydrogen-bond donors (Lipinski definition) is 0. The van der Waals surface area contributed by atoms with E-state index in [4.69, 9.17) is 11.6 Å². The average Bonchev–Trinajstić information content (AvgIpc) is 2.60. The van der Waals surface area contributed by atoms with Crippen molar-refractivity contribution in [2.45, 2.75) is 12.4 Å². The Hall–Kier alpha value is -2.61. The zero-order valence-corrected chi connectivity index (χ0v) is 14.0. The topological polar surface area (TPSA) is 25.8 Å². The van der Waals surface area contributed by atoms with Gasteiger partial charge < -0.3 is 0 Å². The van der Waals surface area contributed by atoms with Crippen molar-refractivity contribution in [1.29, 1.82) is 0 Å². The summed E-state index contributed by atoms with van der Waals surface area (Å²) >= 11 is 5.84. The van der Waals surface area contributed by atoms with E-state index in [0.29, 0.717) is 16.7 Å². The van der Waals surface area contributed by atoms with Gasteiger partial charge in [0.15, 0.2) is 5.15 Å². The summed E-state index contributed by atoms with van der Waals surface area (Å²) in [5.74, 6) is 0. The Bertz CT molecular complexity index is 948. The summed E-state index contributed by atoms with van der Waals surface area (Å²) in [5.41, 5.74) is -0.409. The lowest BCUT2D eigenvalue weighted by Gasteiger charge is -2.12. The molecule has 0 aliphatic rings. The first kappa shape index (κ1) is 19.2. The number of nitrogens with zero attached hydrogens (tertiary/aromatic N) is 2. The van der Waals surface area contributed by atoms with Gasteiger partial charge in [-0.1, -0.05) is 35.9 Å². The maximum Gasteiger partial charge on any atom is 0.416 e. The molecule has 3 aromatic rings. The second-order valence-corrected chi connectivity index (χ2v) is 5.97. The highest BCUT2D eigenvalue weighted by Crippen LogP contribution is 2.36. The van der Waals surface area contributed by atoms with E-state index >= 15 is 0 Å². The Balaban J connectivity index is 2.06. The summed E-state index contributed by atoms with van der Waals surface area (Å²) in [6.07, 6.45) is -8.97. The van der Waals surface area contributed by atoms with E-state index in [0.717, 1.165) is 24.3 Å². The van der Waals surface area contributed by atoms with Crippen molar-refractivity contribution in [3.05, 3.63) is 70.9 Å². The van der Waals surface area contributed by atoms with Crippen molar-refractivity contribution in [2.24, 2.45) is 0 Å². The van der Waals surface area contributed by atoms with Crippen LogP contribution < -0.4 is 0 Å². The van der Waals surface area contributed by atoms with Crippen LogP contribution in [0.3, 0.4) is 0 Å². The van der Waals surface area contributed by atoms with E-state index in [9.17, 15) is 26.3 Å². The van der Waals surface area contributed by atoms with Gasteiger partial charge in [0.25, 0.3) is 0 Å². The second kappa shape index (κ2) is 6.84. The summed E-state index contributed by atoms with van der Waals surface area (Å²) in [6, 6.07) is 9.89. The summed E-state index contributed by atoms with van der Waals surface area (Å²) in [7, 11) is 0. The summed E-state index contributed by atoms with van der Waals surface area (Å²) < 4.78 is 76.3. The van der Waals surface area contributed by atoms with Crippen LogP contribution in [0.4, 0.5) is 26.3 Å². The number of halogens is 7. The Morgan fingerprint density at radius 3 is 1.52 bits per heavy atom. The minimum atomic E-state index is -4.49. The standard InChI is InChI=1S/C18H9ClF6N2/c19-15-9-14(10-1-5-12(6-2-10)17(20,21)22)16(27-26-15)11-3-7-13(8-4-11)18(23,24)25/h1-9H. The zero-order valence-electron chi connectivity index (χ0n) is 13.2. The van der Waals surface area contributed by atoms with Gasteiger partial charge in [-0.2, -0.15) is 26.3 Å². The first-order valence-electron chi connectivity index (χ1n) is 7.44. The normalized spacial score (nSPS) is 12.3. The molecular formula is C18H9ClF6N2. The Labute approximate surface area is 154 Å². The highest BCUT2D eigenvalue weighted by Gasteiger charge is 2.31. The largest absolute Gasteiger partial charge is 0.416 e. The maximum atomic E-state index is 12.7. The average molecular weight is 403 g/mol. The van der Waals surface area contributed by atoms with Crippen LogP contribution in [0.2, 0.25) is 5.15 Å². The molecule has 1 heterocycles. The molecule has 0 aliphatic heterocycles. The first-order valence-corrected chi connectivity index (χ1v) is 7.82. The van der Waals surface area contributed by atoms with Crippen LogP contribution in [0.1, 0.15) is 11.1 Å². The minimum Gasteiger partial charge on any atom is -0.166 e. The molecule has 27 heavy (non-hydrogen) atoms. The summed E-state index contributed by atoms with van der Waals surface area (Å²) in [5, 5.41) is 7.59. The smallest absolute Gasteiger partial charge is 0.166 e. The lowest BCUT2D eigenvalue weighted by Crippen LogP contribution is -2.04. The lowest BCUT2D eigenvalue weighted by molar-refractivity contribution is -0.138. The van der Waals surface area contributed by atoms with Gasteiger partial charge in [-0.05, 0) is 35.9 Å². The Morgan fingerprint density at radius 2 is 1.07 bits per heavy atom. The fraction of sp³-hybridized carbons (Fsp3) is 0.111. The highest BCUT2D eigenvalue weighted by molar-refractivity contribution is 6.29. The van der Waals surface area contributed by atoms with Gasteiger partial charge in [-0.15, -0.1) is 10.2 Å². The molecule has 9 heteroatoms. The van der Waals surface area contributed by atoms with Crippen molar-refractivity contribution >= 4 is 11.6 Å². The number of hydrogen-bond acceptors (Lipinski definition) is 2. The molecular weight excluding hydrogens is 394 g/mol. The molecule has 0 bridgehead atoms. The maximum absolute atomic E-state index is 12.7. The van der Waals surface area contributed by atoms with E-state index in [2.05, 4.69) is 10.2 Å². The highest BCUT2D eigenvalue weighted by atomic mass is 35.5. The van der Waals surface area contributed by atoms with Crippen molar-refractivity contribution < 1.29 is 26.3 Å². The van der Waals surface area contributed by atoms with Gasteiger partial charge >= 0.3 is 12.4 Å². The third kappa shape index (κ3) is 4.21. The zero-order chi connectivity index (χ0) is 19.8. The van der Waals surface area contributed by atoms with Crippen molar-refractivity contribution in [1.82, 2.24) is 10.2 Å². The van der Waals surface area contributed by atoms with E-state index in [-0.39, 0.29) is 10.8 Å². The van der Waals surface area contributed by atoms with Crippen molar-refractivity contribution in [3.63, 3.8) is 0 Å². The van der Waals surface area contributed by atoms with Gasteiger partial charge in [0.05, 0.1) is 11.1 Å². The monoisotopic (exact) mass is 402 g/mol. The quantitative estimate of drug-likeness (QED) is 0.457. The molecule has 0 saturated heterocycles. The molecule has 0 unspecified atom stereocenters. The minimum absolute atomic E-state index is 0.000518. The van der Waals surface area contributed by atoms with E-state index in [1.807, 2.05) is 0 Å². The third-order valence-electron chi connectivity index (χ3n) is 3.77. The molecule has 0 atom stereocenters. The van der Waals surface area contributed by atoms with Crippen LogP contribution in [0, 0.1) is 0 Å². The predicted octanol–water partition coefficient (Wildman–Crippen LogP) is 6.50. The van der Waals surface area contributed by atoms with Crippen molar-refractivity contribution in [3.8, 4) is 22.4 Å². The Morgan fingerprint density at radius 1 is 0.630 bits per heavy atom. The molecule has 2 aromatic carbocycles. The van der Waals surface area contributed by atoms with E-state index < -0.39 is 23.5 Å². The van der Waals surface area contributed by atoms with Gasteiger partial charge in [0.2, 0.25) is 0 Å². The van der Waals surface area contributed by atoms with Gasteiger partial charge in [0, 0.05) is 11.1 Å². The molecule has 2 nitrogen and oxygen atoms in total. The second-order valence-electron chi connectivity index (χ2n) is 5.58. The molecule has 0 saturated carbocycles. The van der Waals surface area contributed by atoms with Crippen molar-refractivity contribution in [2.75, 3.05) is 0 Å². The molecule has 3 rings (SSSR count). The molecule has 0 radical (unpaired) electrons. The molecule has 0 N–H and O–H groups in total. The third-order valence-corrected chi connectivity index (χ3v) is 3.96. The lowest BCUT2D eigenvalue weighted by atomic mass is 9.98. The number of alkyl halides is 6. The fourth-order valence-corrected chi connectivity index (χ4v) is 2.60. The molecule has 0 aliphatic carbocycles. The van der Waals surface area contributed by atoms with E-state index in [1.165, 1.54) is 30.3 Å². The molecule has 0 amide bonds. The molecule has 1 aromatic heterocycles. The van der Waals surface area contributed by atoms with Gasteiger partial charge in [-0.3, -0.25) is 0 Å². The number of rotatable bonds is 2. The van der Waals surface area contributed by atoms with Crippen LogP contribution in [0.15, 0.2) is 54.6 Å². The SMILES string of the molecule is FC(F)(F)c1ccc(-c2cc(Cl)nnc2-c2ccc(C(F)(F)F)cc2)cc1. The number of benzene rings is 2. The van der Waals surface area contributed by atoms with Crippen LogP contribution >= 0.6 is 11.6 Å². The van der Waals surface area contributed by atoms with Gasteiger partial charge in [0.1, 0.15) is 5.69 Å². The summed E-state index contributed by atoms with van der Waals surface area (Å²) in [6.45, 7) is 0. The summed E-state index contributed by atoms with van der Waals surface area (Å²) in [4.78, 5) is 0. The Kier molecular flexibility index (Phi) is 4.86.